The molecule has 22 heavy (non-hydrogen) atoms. The predicted molar refractivity (Wildman–Crippen MR) is 82.3 cm³/mol. The highest BCUT2D eigenvalue weighted by molar-refractivity contribution is 5.82. The van der Waals surface area contributed by atoms with Gasteiger partial charge in [0.15, 0.2) is 0 Å². The van der Waals surface area contributed by atoms with E-state index in [1.165, 1.54) is 0 Å². The lowest BCUT2D eigenvalue weighted by molar-refractivity contribution is -0.138. The third kappa shape index (κ3) is 4.32. The number of nitrogens with one attached hydrogen (secondary N) is 1. The summed E-state index contributed by atoms with van der Waals surface area (Å²) < 4.78 is 1.95. The van der Waals surface area contributed by atoms with E-state index in [2.05, 4.69) is 24.1 Å². The molecular weight excluding hydrogens is 282 g/mol. The van der Waals surface area contributed by atoms with Crippen molar-refractivity contribution in [2.24, 2.45) is 24.8 Å². The summed E-state index contributed by atoms with van der Waals surface area (Å²) in [5.41, 5.74) is 1.09. The molecule has 1 fully saturated rings. The zero-order valence-corrected chi connectivity index (χ0v) is 13.5. The molecule has 0 spiro atoms. The van der Waals surface area contributed by atoms with Crippen LogP contribution in [-0.2, 0) is 16.6 Å². The molecule has 1 saturated carbocycles. The molecule has 1 aliphatic rings. The van der Waals surface area contributed by atoms with Gasteiger partial charge in [-0.1, -0.05) is 13.8 Å². The van der Waals surface area contributed by atoms with Crippen LogP contribution < -0.4 is 5.32 Å². The highest BCUT2D eigenvalue weighted by atomic mass is 16.4. The number of nitrogens with zero attached hydrogens (tertiary/aromatic N) is 2. The standard InChI is InChI=1S/C16H25N3O3/c1-10(2)4-11(5-15(20)21)7-18-16(22)13-6-12(13)14-8-17-9-19(14)3/h8-13H,4-7H2,1-3H3,(H,18,22)(H,20,21)/t11-,12+,13+/m0/s1. The topological polar surface area (TPSA) is 84.2 Å². The van der Waals surface area contributed by atoms with Gasteiger partial charge in [-0.15, -0.1) is 0 Å². The normalized spacial score (nSPS) is 21.6. The number of hydrogen-bond donors (Lipinski definition) is 2. The maximum absolute atomic E-state index is 12.2. The summed E-state index contributed by atoms with van der Waals surface area (Å²) in [6.45, 7) is 4.57. The zero-order chi connectivity index (χ0) is 16.3. The van der Waals surface area contributed by atoms with Crippen molar-refractivity contribution in [2.75, 3.05) is 6.54 Å². The molecule has 122 valence electrons. The molecule has 0 aromatic carbocycles. The van der Waals surface area contributed by atoms with Gasteiger partial charge in [-0.3, -0.25) is 9.59 Å². The van der Waals surface area contributed by atoms with E-state index in [-0.39, 0.29) is 30.1 Å². The van der Waals surface area contributed by atoms with Crippen LogP contribution in [0.5, 0.6) is 0 Å². The van der Waals surface area contributed by atoms with E-state index < -0.39 is 5.97 Å². The predicted octanol–water partition coefficient (Wildman–Crippen LogP) is 1.78. The molecular formula is C16H25N3O3. The van der Waals surface area contributed by atoms with Crippen molar-refractivity contribution in [3.8, 4) is 0 Å². The number of amides is 1. The molecule has 1 aliphatic carbocycles. The minimum Gasteiger partial charge on any atom is -0.481 e. The summed E-state index contributed by atoms with van der Waals surface area (Å²) >= 11 is 0. The lowest BCUT2D eigenvalue weighted by Crippen LogP contribution is -2.32. The first-order valence-corrected chi connectivity index (χ1v) is 7.84. The number of carboxylic acid groups (broad SMARTS) is 1. The van der Waals surface area contributed by atoms with Gasteiger partial charge in [-0.2, -0.15) is 0 Å². The Labute approximate surface area is 130 Å². The van der Waals surface area contributed by atoms with E-state index in [9.17, 15) is 9.59 Å². The quantitative estimate of drug-likeness (QED) is 0.766. The van der Waals surface area contributed by atoms with Crippen LogP contribution in [0.25, 0.3) is 0 Å². The third-order valence-electron chi connectivity index (χ3n) is 4.19. The Morgan fingerprint density at radius 1 is 1.50 bits per heavy atom. The Bertz CT molecular complexity index is 538. The van der Waals surface area contributed by atoms with E-state index in [1.54, 1.807) is 6.33 Å². The van der Waals surface area contributed by atoms with Gasteiger partial charge >= 0.3 is 5.97 Å². The molecule has 1 amide bonds. The Balaban J connectivity index is 1.82. The third-order valence-corrected chi connectivity index (χ3v) is 4.19. The van der Waals surface area contributed by atoms with E-state index in [1.807, 2.05) is 17.8 Å². The number of carboxylic acids is 1. The molecule has 3 atom stereocenters. The van der Waals surface area contributed by atoms with E-state index in [0.29, 0.717) is 12.5 Å². The Hall–Kier alpha value is -1.85. The second-order valence-electron chi connectivity index (χ2n) is 6.72. The van der Waals surface area contributed by atoms with Crippen LogP contribution in [0.4, 0.5) is 0 Å². The van der Waals surface area contributed by atoms with Crippen molar-refractivity contribution in [2.45, 2.75) is 39.0 Å². The van der Waals surface area contributed by atoms with Crippen molar-refractivity contribution in [1.29, 1.82) is 0 Å². The average molecular weight is 307 g/mol. The SMILES string of the molecule is CC(C)C[C@H](CNC(=O)[C@@H]1C[C@H]1c1cncn1C)CC(=O)O. The molecule has 0 radical (unpaired) electrons. The van der Waals surface area contributed by atoms with Gasteiger partial charge in [-0.25, -0.2) is 4.98 Å². The number of aryl methyl sites for hydroxylation is 1. The summed E-state index contributed by atoms with van der Waals surface area (Å²) in [5, 5.41) is 11.9. The number of hydrogen-bond acceptors (Lipinski definition) is 3. The highest BCUT2D eigenvalue weighted by Crippen LogP contribution is 2.47. The molecule has 1 aromatic rings. The second-order valence-corrected chi connectivity index (χ2v) is 6.72. The van der Waals surface area contributed by atoms with Crippen molar-refractivity contribution in [1.82, 2.24) is 14.9 Å². The maximum Gasteiger partial charge on any atom is 0.303 e. The molecule has 1 aromatic heterocycles. The van der Waals surface area contributed by atoms with Gasteiger partial charge in [0.1, 0.15) is 0 Å². The number of rotatable bonds is 8. The van der Waals surface area contributed by atoms with Gasteiger partial charge in [0.05, 0.1) is 6.33 Å². The van der Waals surface area contributed by atoms with Crippen molar-refractivity contribution in [3.05, 3.63) is 18.2 Å². The summed E-state index contributed by atoms with van der Waals surface area (Å²) in [6.07, 6.45) is 5.31. The van der Waals surface area contributed by atoms with Crippen LogP contribution in [0.3, 0.4) is 0 Å². The number of carbonyl (C=O) groups excluding carboxylic acids is 1. The van der Waals surface area contributed by atoms with Crippen molar-refractivity contribution < 1.29 is 14.7 Å². The number of aromatic nitrogens is 2. The number of imidazole rings is 1. The van der Waals surface area contributed by atoms with E-state index in [4.69, 9.17) is 5.11 Å². The molecule has 0 unspecified atom stereocenters. The molecule has 0 bridgehead atoms. The maximum atomic E-state index is 12.2. The van der Waals surface area contributed by atoms with Gasteiger partial charge in [0.2, 0.25) is 5.91 Å². The molecule has 2 N–H and O–H groups in total. The molecule has 1 heterocycles. The first-order valence-electron chi connectivity index (χ1n) is 7.84. The van der Waals surface area contributed by atoms with Gasteiger partial charge in [-0.05, 0) is 24.7 Å². The second kappa shape index (κ2) is 6.94. The van der Waals surface area contributed by atoms with Crippen LogP contribution in [-0.4, -0.2) is 33.1 Å². The van der Waals surface area contributed by atoms with Crippen molar-refractivity contribution in [3.63, 3.8) is 0 Å². The molecule has 6 heteroatoms. The van der Waals surface area contributed by atoms with Crippen LogP contribution in [0.1, 0.15) is 44.7 Å². The summed E-state index contributed by atoms with van der Waals surface area (Å²) in [5.74, 6) is -0.111. The summed E-state index contributed by atoms with van der Waals surface area (Å²) in [6, 6.07) is 0. The highest BCUT2D eigenvalue weighted by Gasteiger charge is 2.45. The fourth-order valence-electron chi connectivity index (χ4n) is 3.06. The van der Waals surface area contributed by atoms with E-state index in [0.717, 1.165) is 18.5 Å². The largest absolute Gasteiger partial charge is 0.481 e. The van der Waals surface area contributed by atoms with Crippen molar-refractivity contribution >= 4 is 11.9 Å². The molecule has 6 nitrogen and oxygen atoms in total. The molecule has 2 rings (SSSR count). The minimum atomic E-state index is -0.806. The minimum absolute atomic E-state index is 0.0000666. The first kappa shape index (κ1) is 16.5. The lowest BCUT2D eigenvalue weighted by Gasteiger charge is -2.17. The Morgan fingerprint density at radius 3 is 2.77 bits per heavy atom. The molecule has 0 saturated heterocycles. The monoisotopic (exact) mass is 307 g/mol. The average Bonchev–Trinajstić information content (AvgIpc) is 3.09. The Kier molecular flexibility index (Phi) is 5.21. The van der Waals surface area contributed by atoms with Crippen LogP contribution in [0.15, 0.2) is 12.5 Å². The lowest BCUT2D eigenvalue weighted by atomic mass is 9.94. The van der Waals surface area contributed by atoms with E-state index >= 15 is 0 Å². The first-order chi connectivity index (χ1) is 10.4. The Morgan fingerprint density at radius 2 is 2.23 bits per heavy atom. The smallest absolute Gasteiger partial charge is 0.303 e. The van der Waals surface area contributed by atoms with Crippen LogP contribution >= 0.6 is 0 Å². The summed E-state index contributed by atoms with van der Waals surface area (Å²) in [4.78, 5) is 27.2. The van der Waals surface area contributed by atoms with Gasteiger partial charge < -0.3 is 15.0 Å². The van der Waals surface area contributed by atoms with Gasteiger partial charge in [0, 0.05) is 43.7 Å². The number of aliphatic carboxylic acids is 1. The molecule has 0 aliphatic heterocycles. The zero-order valence-electron chi connectivity index (χ0n) is 13.5. The fourth-order valence-corrected chi connectivity index (χ4v) is 3.06. The van der Waals surface area contributed by atoms with Crippen LogP contribution in [0.2, 0.25) is 0 Å². The summed E-state index contributed by atoms with van der Waals surface area (Å²) in [7, 11) is 1.93. The fraction of sp³-hybridized carbons (Fsp3) is 0.688. The van der Waals surface area contributed by atoms with Gasteiger partial charge in [0.25, 0.3) is 0 Å². The van der Waals surface area contributed by atoms with Crippen LogP contribution in [0, 0.1) is 17.8 Å². The number of carbonyl (C=O) groups is 2.